The second-order valence-corrected chi connectivity index (χ2v) is 4.61. The maximum absolute atomic E-state index is 11.4. The summed E-state index contributed by atoms with van der Waals surface area (Å²) in [5, 5.41) is 15.5. The number of aromatic nitrogens is 4. The average molecular weight is 262 g/mol. The van der Waals surface area contributed by atoms with E-state index in [0.29, 0.717) is 12.2 Å². The van der Waals surface area contributed by atoms with Crippen molar-refractivity contribution in [2.24, 2.45) is 0 Å². The van der Waals surface area contributed by atoms with Gasteiger partial charge in [0.2, 0.25) is 9.47 Å². The number of amides is 1. The molecule has 0 bridgehead atoms. The quantitative estimate of drug-likeness (QED) is 0.891. The fourth-order valence-electron chi connectivity index (χ4n) is 0.805. The van der Waals surface area contributed by atoms with Crippen molar-refractivity contribution in [1.82, 2.24) is 25.1 Å². The van der Waals surface area contributed by atoms with Gasteiger partial charge in [-0.25, -0.2) is 0 Å². The first-order valence-electron chi connectivity index (χ1n) is 3.79. The van der Waals surface area contributed by atoms with Crippen molar-refractivity contribution >= 4 is 40.4 Å². The van der Waals surface area contributed by atoms with Gasteiger partial charge in [0.25, 0.3) is 5.91 Å². The standard InChI is InChI=1S/C6H4ClN5OS2/c7-6-11-10-5(15-6)4(13)8-1-3-2-14-12-9-3/h2H,1H2,(H,8,13). The van der Waals surface area contributed by atoms with Gasteiger partial charge in [0.05, 0.1) is 12.2 Å². The molecule has 2 aromatic heterocycles. The summed E-state index contributed by atoms with van der Waals surface area (Å²) in [6, 6.07) is 0. The van der Waals surface area contributed by atoms with Crippen LogP contribution in [0.3, 0.4) is 0 Å². The Morgan fingerprint density at radius 1 is 1.47 bits per heavy atom. The molecule has 0 aliphatic rings. The van der Waals surface area contributed by atoms with Crippen LogP contribution in [-0.4, -0.2) is 25.7 Å². The summed E-state index contributed by atoms with van der Waals surface area (Å²) < 4.78 is 3.92. The van der Waals surface area contributed by atoms with Crippen molar-refractivity contribution in [2.75, 3.05) is 0 Å². The molecule has 0 aliphatic heterocycles. The van der Waals surface area contributed by atoms with Gasteiger partial charge in [-0.1, -0.05) is 15.8 Å². The van der Waals surface area contributed by atoms with Gasteiger partial charge in [-0.15, -0.1) is 15.3 Å². The van der Waals surface area contributed by atoms with Gasteiger partial charge in [0.1, 0.15) is 0 Å². The highest BCUT2D eigenvalue weighted by molar-refractivity contribution is 7.17. The maximum Gasteiger partial charge on any atom is 0.282 e. The van der Waals surface area contributed by atoms with Crippen molar-refractivity contribution in [1.29, 1.82) is 0 Å². The zero-order chi connectivity index (χ0) is 10.7. The molecule has 78 valence electrons. The van der Waals surface area contributed by atoms with Crippen LogP contribution in [0.1, 0.15) is 15.5 Å². The van der Waals surface area contributed by atoms with Crippen LogP contribution in [-0.2, 0) is 6.54 Å². The number of hydrogen-bond donors (Lipinski definition) is 1. The lowest BCUT2D eigenvalue weighted by Gasteiger charge is -1.97. The first kappa shape index (κ1) is 10.4. The molecule has 0 aliphatic carbocycles. The Kier molecular flexibility index (Phi) is 3.19. The highest BCUT2D eigenvalue weighted by Crippen LogP contribution is 2.14. The van der Waals surface area contributed by atoms with Crippen LogP contribution < -0.4 is 5.32 Å². The van der Waals surface area contributed by atoms with E-state index >= 15 is 0 Å². The Bertz CT molecular complexity index is 456. The zero-order valence-electron chi connectivity index (χ0n) is 7.18. The minimum Gasteiger partial charge on any atom is -0.344 e. The monoisotopic (exact) mass is 261 g/mol. The highest BCUT2D eigenvalue weighted by atomic mass is 35.5. The molecule has 0 aromatic carbocycles. The third kappa shape index (κ3) is 2.67. The molecule has 2 aromatic rings. The Morgan fingerprint density at radius 3 is 2.93 bits per heavy atom. The van der Waals surface area contributed by atoms with E-state index in [1.807, 2.05) is 0 Å². The number of carbonyl (C=O) groups excluding carboxylic acids is 1. The van der Waals surface area contributed by atoms with E-state index in [4.69, 9.17) is 11.6 Å². The van der Waals surface area contributed by atoms with E-state index in [1.165, 1.54) is 11.5 Å². The lowest BCUT2D eigenvalue weighted by atomic mass is 10.5. The van der Waals surface area contributed by atoms with Crippen LogP contribution in [0.5, 0.6) is 0 Å². The van der Waals surface area contributed by atoms with Gasteiger partial charge in [0.15, 0.2) is 0 Å². The van der Waals surface area contributed by atoms with Crippen LogP contribution in [0.15, 0.2) is 5.38 Å². The second kappa shape index (κ2) is 4.60. The summed E-state index contributed by atoms with van der Waals surface area (Å²) in [7, 11) is 0. The first-order valence-corrected chi connectivity index (χ1v) is 5.82. The largest absolute Gasteiger partial charge is 0.344 e. The molecule has 0 fully saturated rings. The SMILES string of the molecule is O=C(NCc1csnn1)c1nnc(Cl)s1. The minimum atomic E-state index is -0.313. The summed E-state index contributed by atoms with van der Waals surface area (Å²) in [5.41, 5.74) is 0.712. The molecule has 0 unspecified atom stereocenters. The molecule has 0 saturated heterocycles. The molecule has 0 radical (unpaired) electrons. The molecule has 6 nitrogen and oxygen atoms in total. The maximum atomic E-state index is 11.4. The van der Waals surface area contributed by atoms with Gasteiger partial charge in [-0.05, 0) is 23.1 Å². The number of carbonyl (C=O) groups is 1. The van der Waals surface area contributed by atoms with E-state index in [9.17, 15) is 4.79 Å². The first-order chi connectivity index (χ1) is 7.25. The van der Waals surface area contributed by atoms with E-state index in [2.05, 4.69) is 25.1 Å². The average Bonchev–Trinajstić information content (AvgIpc) is 2.84. The van der Waals surface area contributed by atoms with E-state index in [-0.39, 0.29) is 15.4 Å². The third-order valence-electron chi connectivity index (χ3n) is 1.43. The lowest BCUT2D eigenvalue weighted by molar-refractivity contribution is 0.0949. The Hall–Kier alpha value is -1.12. The molecular weight excluding hydrogens is 258 g/mol. The summed E-state index contributed by atoms with van der Waals surface area (Å²) in [4.78, 5) is 11.4. The number of nitrogens with zero attached hydrogens (tertiary/aromatic N) is 4. The van der Waals surface area contributed by atoms with Crippen molar-refractivity contribution < 1.29 is 4.79 Å². The van der Waals surface area contributed by atoms with Crippen molar-refractivity contribution in [2.45, 2.75) is 6.54 Å². The van der Waals surface area contributed by atoms with E-state index < -0.39 is 0 Å². The second-order valence-electron chi connectivity index (χ2n) is 2.44. The fraction of sp³-hybridized carbons (Fsp3) is 0.167. The molecule has 1 amide bonds. The fourth-order valence-corrected chi connectivity index (χ4v) is 2.00. The third-order valence-corrected chi connectivity index (χ3v) is 3.00. The lowest BCUT2D eigenvalue weighted by Crippen LogP contribution is -2.22. The normalized spacial score (nSPS) is 10.2. The van der Waals surface area contributed by atoms with Crippen LogP contribution in [0.25, 0.3) is 0 Å². The molecule has 2 rings (SSSR count). The highest BCUT2D eigenvalue weighted by Gasteiger charge is 2.11. The van der Waals surface area contributed by atoms with E-state index in [1.54, 1.807) is 5.38 Å². The Labute approximate surface area is 97.5 Å². The van der Waals surface area contributed by atoms with Crippen LogP contribution in [0.4, 0.5) is 0 Å². The van der Waals surface area contributed by atoms with Crippen LogP contribution in [0.2, 0.25) is 4.47 Å². The van der Waals surface area contributed by atoms with Gasteiger partial charge in [-0.3, -0.25) is 4.79 Å². The number of halogens is 1. The summed E-state index contributed by atoms with van der Waals surface area (Å²) in [5.74, 6) is -0.313. The van der Waals surface area contributed by atoms with Gasteiger partial charge < -0.3 is 5.32 Å². The smallest absolute Gasteiger partial charge is 0.282 e. The minimum absolute atomic E-state index is 0.239. The predicted molar refractivity (Wildman–Crippen MR) is 56.0 cm³/mol. The van der Waals surface area contributed by atoms with Crippen LogP contribution in [0, 0.1) is 0 Å². The van der Waals surface area contributed by atoms with Crippen molar-refractivity contribution in [3.63, 3.8) is 0 Å². The topological polar surface area (TPSA) is 80.7 Å². The van der Waals surface area contributed by atoms with Crippen LogP contribution >= 0.6 is 34.5 Å². The zero-order valence-corrected chi connectivity index (χ0v) is 9.56. The Morgan fingerprint density at radius 2 is 2.33 bits per heavy atom. The molecule has 0 spiro atoms. The summed E-state index contributed by atoms with van der Waals surface area (Å²) >= 11 is 7.81. The summed E-state index contributed by atoms with van der Waals surface area (Å²) in [6.45, 7) is 0.326. The number of rotatable bonds is 3. The van der Waals surface area contributed by atoms with Crippen molar-refractivity contribution in [3.8, 4) is 0 Å². The molecule has 2 heterocycles. The van der Waals surface area contributed by atoms with E-state index in [0.717, 1.165) is 11.3 Å². The molecular formula is C6H4ClN5OS2. The summed E-state index contributed by atoms with van der Waals surface area (Å²) in [6.07, 6.45) is 0. The molecule has 15 heavy (non-hydrogen) atoms. The predicted octanol–water partition coefficient (Wildman–Crippen LogP) is 0.973. The number of nitrogens with one attached hydrogen (secondary N) is 1. The van der Waals surface area contributed by atoms with Gasteiger partial charge in [0, 0.05) is 5.38 Å². The molecule has 9 heteroatoms. The molecule has 0 saturated carbocycles. The molecule has 0 atom stereocenters. The Balaban J connectivity index is 1.93. The number of hydrogen-bond acceptors (Lipinski definition) is 7. The molecule has 1 N–H and O–H groups in total. The van der Waals surface area contributed by atoms with Gasteiger partial charge in [-0.2, -0.15) is 0 Å². The van der Waals surface area contributed by atoms with Gasteiger partial charge >= 0.3 is 0 Å². The van der Waals surface area contributed by atoms with Crippen molar-refractivity contribution in [3.05, 3.63) is 20.5 Å².